The summed E-state index contributed by atoms with van der Waals surface area (Å²) in [4.78, 5) is 32.8. The van der Waals surface area contributed by atoms with Gasteiger partial charge in [0, 0.05) is 12.8 Å². The molecule has 0 aliphatic heterocycles. The van der Waals surface area contributed by atoms with Crippen LogP contribution in [0, 0.1) is 5.92 Å². The molecule has 0 spiro atoms. The molecule has 0 fully saturated rings. The average Bonchev–Trinajstić information content (AvgIpc) is 2.16. The first kappa shape index (κ1) is 13.6. The molecule has 0 aliphatic rings. The van der Waals surface area contributed by atoms with Crippen molar-refractivity contribution >= 4 is 17.7 Å². The highest BCUT2D eigenvalue weighted by Gasteiger charge is 2.16. The van der Waals surface area contributed by atoms with E-state index in [1.54, 1.807) is 6.92 Å². The second kappa shape index (κ2) is 6.98. The highest BCUT2D eigenvalue weighted by atomic mass is 16.5. The van der Waals surface area contributed by atoms with Gasteiger partial charge in [-0.25, -0.2) is 0 Å². The van der Waals surface area contributed by atoms with Crippen LogP contribution in [-0.4, -0.2) is 31.9 Å². The average molecular weight is 216 g/mol. The molecule has 0 unspecified atom stereocenters. The maximum atomic E-state index is 11.2. The molecular weight excluding hydrogens is 200 g/mol. The van der Waals surface area contributed by atoms with Gasteiger partial charge in [-0.05, 0) is 5.92 Å². The van der Waals surface area contributed by atoms with Crippen molar-refractivity contribution in [1.29, 1.82) is 0 Å². The fourth-order valence-electron chi connectivity index (χ4n) is 1.13. The van der Waals surface area contributed by atoms with Crippen molar-refractivity contribution in [2.75, 3.05) is 14.2 Å². The van der Waals surface area contributed by atoms with E-state index in [-0.39, 0.29) is 36.9 Å². The van der Waals surface area contributed by atoms with E-state index >= 15 is 0 Å². The smallest absolute Gasteiger partial charge is 0.313 e. The Kier molecular flexibility index (Phi) is 6.33. The molecule has 0 rings (SSSR count). The third-order valence-corrected chi connectivity index (χ3v) is 1.89. The van der Waals surface area contributed by atoms with E-state index in [1.165, 1.54) is 14.2 Å². The molecule has 0 saturated heterocycles. The summed E-state index contributed by atoms with van der Waals surface area (Å²) < 4.78 is 8.82. The lowest BCUT2D eigenvalue weighted by molar-refractivity contribution is -0.143. The van der Waals surface area contributed by atoms with Gasteiger partial charge in [-0.3, -0.25) is 14.4 Å². The molecule has 0 bridgehead atoms. The van der Waals surface area contributed by atoms with Gasteiger partial charge in [0.1, 0.15) is 12.2 Å². The Labute approximate surface area is 88.7 Å². The van der Waals surface area contributed by atoms with Crippen molar-refractivity contribution in [2.24, 2.45) is 5.92 Å². The highest BCUT2D eigenvalue weighted by Crippen LogP contribution is 2.10. The molecule has 5 nitrogen and oxygen atoms in total. The van der Waals surface area contributed by atoms with Gasteiger partial charge in [-0.2, -0.15) is 0 Å². The highest BCUT2D eigenvalue weighted by molar-refractivity contribution is 5.95. The molecule has 0 saturated carbocycles. The summed E-state index contributed by atoms with van der Waals surface area (Å²) in [6.07, 6.45) is 0.135. The summed E-state index contributed by atoms with van der Waals surface area (Å²) in [5.41, 5.74) is 0. The van der Waals surface area contributed by atoms with Crippen molar-refractivity contribution in [1.82, 2.24) is 0 Å². The minimum Gasteiger partial charge on any atom is -0.469 e. The lowest BCUT2D eigenvalue weighted by atomic mass is 10.00. The van der Waals surface area contributed by atoms with E-state index in [2.05, 4.69) is 9.47 Å². The van der Waals surface area contributed by atoms with Crippen molar-refractivity contribution in [3.63, 3.8) is 0 Å². The minimum absolute atomic E-state index is 0.116. The van der Waals surface area contributed by atoms with Crippen LogP contribution in [0.4, 0.5) is 0 Å². The van der Waals surface area contributed by atoms with E-state index < -0.39 is 5.97 Å². The Bertz CT molecular complexity index is 246. The van der Waals surface area contributed by atoms with Gasteiger partial charge in [0.2, 0.25) is 0 Å². The van der Waals surface area contributed by atoms with E-state index in [0.29, 0.717) is 0 Å². The van der Waals surface area contributed by atoms with Crippen LogP contribution in [0.2, 0.25) is 0 Å². The summed E-state index contributed by atoms with van der Waals surface area (Å²) in [6, 6.07) is 0. The van der Waals surface area contributed by atoms with Crippen LogP contribution in [0.25, 0.3) is 0 Å². The number of hydrogen-bond donors (Lipinski definition) is 0. The monoisotopic (exact) mass is 216 g/mol. The normalized spacial score (nSPS) is 11.7. The van der Waals surface area contributed by atoms with Gasteiger partial charge in [0.15, 0.2) is 0 Å². The van der Waals surface area contributed by atoms with Crippen LogP contribution < -0.4 is 0 Å². The van der Waals surface area contributed by atoms with Crippen LogP contribution in [0.15, 0.2) is 0 Å². The number of carbonyl (C=O) groups is 3. The first-order chi connectivity index (χ1) is 6.99. The van der Waals surface area contributed by atoms with Gasteiger partial charge in [-0.1, -0.05) is 6.92 Å². The van der Waals surface area contributed by atoms with Crippen LogP contribution in [0.5, 0.6) is 0 Å². The Morgan fingerprint density at radius 1 is 1.00 bits per heavy atom. The van der Waals surface area contributed by atoms with Gasteiger partial charge in [0.25, 0.3) is 0 Å². The van der Waals surface area contributed by atoms with Crippen LogP contribution in [0.1, 0.15) is 26.2 Å². The molecule has 5 heteroatoms. The van der Waals surface area contributed by atoms with E-state index in [0.717, 1.165) is 0 Å². The Morgan fingerprint density at radius 2 is 1.53 bits per heavy atom. The number of ether oxygens (including phenoxy) is 2. The molecule has 15 heavy (non-hydrogen) atoms. The largest absolute Gasteiger partial charge is 0.469 e. The quantitative estimate of drug-likeness (QED) is 0.483. The van der Waals surface area contributed by atoms with Crippen molar-refractivity contribution in [3.05, 3.63) is 0 Å². The summed E-state index contributed by atoms with van der Waals surface area (Å²) >= 11 is 0. The SMILES string of the molecule is COC(=O)CC(=O)C[C@H](C)CC(=O)OC. The number of ketones is 1. The number of carbonyl (C=O) groups excluding carboxylic acids is 3. The van der Waals surface area contributed by atoms with Gasteiger partial charge in [-0.15, -0.1) is 0 Å². The maximum absolute atomic E-state index is 11.2. The Morgan fingerprint density at radius 3 is 2.00 bits per heavy atom. The molecule has 0 heterocycles. The predicted molar refractivity (Wildman–Crippen MR) is 52.1 cm³/mol. The molecule has 0 aromatic rings. The van der Waals surface area contributed by atoms with Crippen LogP contribution in [-0.2, 0) is 23.9 Å². The predicted octanol–water partition coefficient (Wildman–Crippen LogP) is 0.708. The number of hydrogen-bond acceptors (Lipinski definition) is 5. The fourth-order valence-corrected chi connectivity index (χ4v) is 1.13. The van der Waals surface area contributed by atoms with E-state index in [4.69, 9.17) is 0 Å². The summed E-state index contributed by atoms with van der Waals surface area (Å²) in [7, 11) is 2.53. The van der Waals surface area contributed by atoms with Gasteiger partial charge in [0.05, 0.1) is 14.2 Å². The molecule has 1 atom stereocenters. The number of rotatable bonds is 6. The Balaban J connectivity index is 3.86. The number of Topliss-reactive ketones (excluding diaryl/α,β-unsaturated/α-hetero) is 1. The zero-order valence-electron chi connectivity index (χ0n) is 9.24. The molecular formula is C10H16O5. The first-order valence-electron chi connectivity index (χ1n) is 4.65. The summed E-state index contributed by atoms with van der Waals surface area (Å²) in [5, 5.41) is 0. The summed E-state index contributed by atoms with van der Waals surface area (Å²) in [6.45, 7) is 1.76. The van der Waals surface area contributed by atoms with Gasteiger partial charge >= 0.3 is 11.9 Å². The zero-order chi connectivity index (χ0) is 11.8. The van der Waals surface area contributed by atoms with Gasteiger partial charge < -0.3 is 9.47 Å². The topological polar surface area (TPSA) is 69.7 Å². The second-order valence-corrected chi connectivity index (χ2v) is 3.38. The lowest BCUT2D eigenvalue weighted by Gasteiger charge is -2.08. The molecule has 0 aliphatic carbocycles. The second-order valence-electron chi connectivity index (χ2n) is 3.38. The third kappa shape index (κ3) is 6.65. The standard InChI is InChI=1S/C10H16O5/c1-7(5-9(12)14-2)4-8(11)6-10(13)15-3/h7H,4-6H2,1-3H3/t7-/m0/s1. The third-order valence-electron chi connectivity index (χ3n) is 1.89. The van der Waals surface area contributed by atoms with Crippen LogP contribution >= 0.6 is 0 Å². The minimum atomic E-state index is -0.551. The molecule has 0 radical (unpaired) electrons. The molecule has 86 valence electrons. The first-order valence-corrected chi connectivity index (χ1v) is 4.65. The van der Waals surface area contributed by atoms with Crippen LogP contribution in [0.3, 0.4) is 0 Å². The number of methoxy groups -OCH3 is 2. The number of esters is 2. The fraction of sp³-hybridized carbons (Fsp3) is 0.700. The Hall–Kier alpha value is -1.39. The molecule has 0 aromatic heterocycles. The maximum Gasteiger partial charge on any atom is 0.313 e. The molecule has 0 aromatic carbocycles. The summed E-state index contributed by atoms with van der Waals surface area (Å²) in [5.74, 6) is -1.24. The lowest BCUT2D eigenvalue weighted by Crippen LogP contribution is -2.15. The molecule has 0 N–H and O–H groups in total. The zero-order valence-corrected chi connectivity index (χ0v) is 9.24. The van der Waals surface area contributed by atoms with Crippen molar-refractivity contribution < 1.29 is 23.9 Å². The van der Waals surface area contributed by atoms with E-state index in [1.807, 2.05) is 0 Å². The van der Waals surface area contributed by atoms with Crippen molar-refractivity contribution in [2.45, 2.75) is 26.2 Å². The van der Waals surface area contributed by atoms with E-state index in [9.17, 15) is 14.4 Å². The molecule has 0 amide bonds. The van der Waals surface area contributed by atoms with Crippen molar-refractivity contribution in [3.8, 4) is 0 Å².